The molecule has 3 heteroatoms. The van der Waals surface area contributed by atoms with Crippen LogP contribution in [-0.4, -0.2) is 18.9 Å². The molecule has 0 unspecified atom stereocenters. The summed E-state index contributed by atoms with van der Waals surface area (Å²) in [6.45, 7) is 5.82. The highest BCUT2D eigenvalue weighted by atomic mass is 16.5. The van der Waals surface area contributed by atoms with Crippen molar-refractivity contribution in [3.8, 4) is 0 Å². The molecule has 0 atom stereocenters. The summed E-state index contributed by atoms with van der Waals surface area (Å²) in [6.07, 6.45) is 5.79. The van der Waals surface area contributed by atoms with Gasteiger partial charge in [-0.1, -0.05) is 26.7 Å². The lowest BCUT2D eigenvalue weighted by atomic mass is 9.48. The van der Waals surface area contributed by atoms with Crippen LogP contribution >= 0.6 is 0 Å². The molecule has 1 aliphatic carbocycles. The number of methoxy groups -OCH3 is 1. The molecule has 3 nitrogen and oxygen atoms in total. The second-order valence-corrected chi connectivity index (χ2v) is 5.48. The third kappa shape index (κ3) is 2.38. The van der Waals surface area contributed by atoms with E-state index in [1.165, 1.54) is 14.0 Å². The van der Waals surface area contributed by atoms with Crippen LogP contribution in [0.15, 0.2) is 0 Å². The summed E-state index contributed by atoms with van der Waals surface area (Å²) in [5.74, 6) is -0.375. The molecule has 0 radical (unpaired) electrons. The molecule has 1 aliphatic rings. The first-order valence-electron chi connectivity index (χ1n) is 6.56. The van der Waals surface area contributed by atoms with Gasteiger partial charge in [0.2, 0.25) is 0 Å². The Kier molecular flexibility index (Phi) is 4.34. The van der Waals surface area contributed by atoms with E-state index in [0.717, 1.165) is 25.7 Å². The van der Waals surface area contributed by atoms with Gasteiger partial charge in [-0.15, -0.1) is 0 Å². The molecule has 0 heterocycles. The van der Waals surface area contributed by atoms with Crippen LogP contribution in [0.25, 0.3) is 0 Å². The normalized spacial score (nSPS) is 20.5. The number of carbonyl (C=O) groups excluding carboxylic acids is 2. The first-order chi connectivity index (χ1) is 7.96. The van der Waals surface area contributed by atoms with Crippen molar-refractivity contribution in [3.05, 3.63) is 0 Å². The molecular weight excluding hydrogens is 216 g/mol. The second-order valence-electron chi connectivity index (χ2n) is 5.48. The average molecular weight is 240 g/mol. The van der Waals surface area contributed by atoms with Crippen LogP contribution in [-0.2, 0) is 14.3 Å². The van der Waals surface area contributed by atoms with Gasteiger partial charge in [0.15, 0.2) is 0 Å². The molecule has 98 valence electrons. The van der Waals surface area contributed by atoms with Crippen molar-refractivity contribution in [1.29, 1.82) is 0 Å². The third-order valence-corrected chi connectivity index (χ3v) is 4.16. The smallest absolute Gasteiger partial charge is 0.319 e. The lowest BCUT2D eigenvalue weighted by Gasteiger charge is -2.53. The maximum atomic E-state index is 11.8. The fraction of sp³-hybridized carbons (Fsp3) is 0.857. The van der Waals surface area contributed by atoms with Gasteiger partial charge in [-0.05, 0) is 38.0 Å². The predicted octanol–water partition coefficient (Wildman–Crippen LogP) is 3.12. The molecular formula is C14H24O3. The van der Waals surface area contributed by atoms with E-state index in [4.69, 9.17) is 4.74 Å². The molecule has 0 bridgehead atoms. The molecule has 0 saturated heterocycles. The van der Waals surface area contributed by atoms with Crippen molar-refractivity contribution in [2.24, 2.45) is 10.8 Å². The molecule has 0 aliphatic heterocycles. The third-order valence-electron chi connectivity index (χ3n) is 4.16. The van der Waals surface area contributed by atoms with Gasteiger partial charge in [0.25, 0.3) is 0 Å². The zero-order chi connectivity index (χ0) is 13.1. The van der Waals surface area contributed by atoms with Gasteiger partial charge in [0.05, 0.1) is 7.11 Å². The number of ketones is 1. The topological polar surface area (TPSA) is 43.4 Å². The van der Waals surface area contributed by atoms with Crippen LogP contribution in [0, 0.1) is 10.8 Å². The monoisotopic (exact) mass is 240 g/mol. The SMILES string of the molecule is CCCC1(CCC)CC(C(C)=O)(C(=O)OC)C1. The minimum atomic E-state index is -0.834. The first kappa shape index (κ1) is 14.2. The average Bonchev–Trinajstić information content (AvgIpc) is 2.23. The number of hydrogen-bond acceptors (Lipinski definition) is 3. The molecule has 0 spiro atoms. The fourth-order valence-corrected chi connectivity index (χ4v) is 3.50. The van der Waals surface area contributed by atoms with Crippen LogP contribution < -0.4 is 0 Å². The van der Waals surface area contributed by atoms with Gasteiger partial charge in [0, 0.05) is 0 Å². The number of Topliss-reactive ketones (excluding diaryl/α,β-unsaturated/α-hetero) is 1. The van der Waals surface area contributed by atoms with Gasteiger partial charge in [-0.25, -0.2) is 0 Å². The second kappa shape index (κ2) is 5.19. The highest BCUT2D eigenvalue weighted by Crippen LogP contribution is 2.60. The predicted molar refractivity (Wildman–Crippen MR) is 66.6 cm³/mol. The molecule has 1 rings (SSSR count). The number of rotatable bonds is 6. The van der Waals surface area contributed by atoms with Crippen LogP contribution in [0.5, 0.6) is 0 Å². The lowest BCUT2D eigenvalue weighted by Crippen LogP contribution is -2.55. The molecule has 17 heavy (non-hydrogen) atoms. The Morgan fingerprint density at radius 3 is 1.88 bits per heavy atom. The lowest BCUT2D eigenvalue weighted by molar-refractivity contribution is -0.176. The van der Waals surface area contributed by atoms with Gasteiger partial charge in [-0.3, -0.25) is 9.59 Å². The first-order valence-corrected chi connectivity index (χ1v) is 6.56. The van der Waals surface area contributed by atoms with Crippen LogP contribution in [0.1, 0.15) is 59.3 Å². The molecule has 1 saturated carbocycles. The van der Waals surface area contributed by atoms with Crippen molar-refractivity contribution in [2.45, 2.75) is 59.3 Å². The van der Waals surface area contributed by atoms with E-state index in [0.29, 0.717) is 12.8 Å². The zero-order valence-electron chi connectivity index (χ0n) is 11.5. The summed E-state index contributed by atoms with van der Waals surface area (Å²) in [6, 6.07) is 0. The summed E-state index contributed by atoms with van der Waals surface area (Å²) in [5.41, 5.74) is -0.636. The van der Waals surface area contributed by atoms with Crippen molar-refractivity contribution >= 4 is 11.8 Å². The quantitative estimate of drug-likeness (QED) is 0.529. The Hall–Kier alpha value is -0.860. The Bertz CT molecular complexity index is 293. The minimum Gasteiger partial charge on any atom is -0.468 e. The highest BCUT2D eigenvalue weighted by Gasteiger charge is 2.61. The van der Waals surface area contributed by atoms with E-state index < -0.39 is 5.41 Å². The molecule has 0 aromatic heterocycles. The Labute approximate surface area is 104 Å². The van der Waals surface area contributed by atoms with Gasteiger partial charge in [-0.2, -0.15) is 0 Å². The fourth-order valence-electron chi connectivity index (χ4n) is 3.50. The maximum Gasteiger partial charge on any atom is 0.319 e. The number of ether oxygens (including phenoxy) is 1. The molecule has 1 fully saturated rings. The van der Waals surface area contributed by atoms with E-state index >= 15 is 0 Å². The van der Waals surface area contributed by atoms with Crippen LogP contribution in [0.4, 0.5) is 0 Å². The van der Waals surface area contributed by atoms with Crippen molar-refractivity contribution in [2.75, 3.05) is 7.11 Å². The molecule has 0 N–H and O–H groups in total. The summed E-state index contributed by atoms with van der Waals surface area (Å²) >= 11 is 0. The van der Waals surface area contributed by atoms with E-state index in [1.807, 2.05) is 0 Å². The van der Waals surface area contributed by atoms with Crippen molar-refractivity contribution in [1.82, 2.24) is 0 Å². The minimum absolute atomic E-state index is 0.0350. The standard InChI is InChI=1S/C14H24O3/c1-5-7-13(8-6-2)9-14(10-13,11(3)15)12(16)17-4/h5-10H2,1-4H3. The summed E-state index contributed by atoms with van der Waals surface area (Å²) in [7, 11) is 1.37. The van der Waals surface area contributed by atoms with Crippen LogP contribution in [0.3, 0.4) is 0 Å². The maximum absolute atomic E-state index is 11.8. The Morgan fingerprint density at radius 1 is 1.12 bits per heavy atom. The molecule has 0 amide bonds. The summed E-state index contributed by atoms with van der Waals surface area (Å²) in [4.78, 5) is 23.6. The van der Waals surface area contributed by atoms with Crippen molar-refractivity contribution < 1.29 is 14.3 Å². The number of carbonyl (C=O) groups is 2. The Balaban J connectivity index is 2.83. The zero-order valence-corrected chi connectivity index (χ0v) is 11.5. The van der Waals surface area contributed by atoms with E-state index in [-0.39, 0.29) is 17.2 Å². The van der Waals surface area contributed by atoms with Gasteiger partial charge < -0.3 is 4.74 Å². The molecule has 0 aromatic rings. The number of hydrogen-bond donors (Lipinski definition) is 0. The summed E-state index contributed by atoms with van der Waals surface area (Å²) < 4.78 is 4.81. The van der Waals surface area contributed by atoms with E-state index in [2.05, 4.69) is 13.8 Å². The van der Waals surface area contributed by atoms with Crippen LogP contribution in [0.2, 0.25) is 0 Å². The summed E-state index contributed by atoms with van der Waals surface area (Å²) in [5, 5.41) is 0. The highest BCUT2D eigenvalue weighted by molar-refractivity contribution is 6.03. The molecule has 0 aromatic carbocycles. The van der Waals surface area contributed by atoms with Gasteiger partial charge >= 0.3 is 5.97 Å². The van der Waals surface area contributed by atoms with E-state index in [9.17, 15) is 9.59 Å². The number of esters is 1. The largest absolute Gasteiger partial charge is 0.468 e. The van der Waals surface area contributed by atoms with Gasteiger partial charge in [0.1, 0.15) is 11.2 Å². The Morgan fingerprint density at radius 2 is 1.59 bits per heavy atom. The van der Waals surface area contributed by atoms with E-state index in [1.54, 1.807) is 0 Å². The van der Waals surface area contributed by atoms with Crippen molar-refractivity contribution in [3.63, 3.8) is 0 Å².